The van der Waals surface area contributed by atoms with E-state index in [1.54, 1.807) is 45.0 Å². The molecule has 15 nitrogen and oxygen atoms in total. The summed E-state index contributed by atoms with van der Waals surface area (Å²) in [5, 5.41) is 23.8. The van der Waals surface area contributed by atoms with Gasteiger partial charge in [-0.1, -0.05) is 122 Å². The van der Waals surface area contributed by atoms with Crippen molar-refractivity contribution in [1.82, 2.24) is 31.5 Å². The third-order valence-corrected chi connectivity index (χ3v) is 11.1. The maximum absolute atomic E-state index is 14.5. The number of hydrogen-bond donors (Lipinski definition) is 7. The molecule has 8 atom stereocenters. The smallest absolute Gasteiger partial charge is 0.326 e. The number of benzene rings is 2. The van der Waals surface area contributed by atoms with E-state index in [1.807, 2.05) is 71.0 Å². The first-order valence-corrected chi connectivity index (χ1v) is 21.7. The quantitative estimate of drug-likeness (QED) is 0.0871. The van der Waals surface area contributed by atoms with E-state index in [1.165, 1.54) is 4.90 Å². The first kappa shape index (κ1) is 50.0. The second-order valence-corrected chi connectivity index (χ2v) is 17.6. The van der Waals surface area contributed by atoms with Crippen LogP contribution in [0, 0.1) is 23.7 Å². The van der Waals surface area contributed by atoms with E-state index in [2.05, 4.69) is 26.6 Å². The molecular weight excluding hydrogens is 779 g/mol. The number of likely N-dealkylation sites (tertiary alicyclic amines) is 1. The molecule has 6 amide bonds. The minimum absolute atomic E-state index is 0.0686. The second-order valence-electron chi connectivity index (χ2n) is 17.6. The summed E-state index contributed by atoms with van der Waals surface area (Å²) in [5.74, 6) is -5.18. The molecule has 3 rings (SSSR count). The molecule has 61 heavy (non-hydrogen) atoms. The van der Waals surface area contributed by atoms with Crippen LogP contribution in [0.2, 0.25) is 0 Å². The SMILES string of the molecule is CC[C@H](C)[C@H](NC(=O)[C@H](Cc1ccccc1)NC(=O)[C@H](CC(C)C)NC(=O)[C@@H]1CCCN1C(=O)[C@H](Cc1ccccc1)NC(=O)[C@@H](NC(=O)[C@@H](N)CC(C)C)C(C)C)C(=O)O. The van der Waals surface area contributed by atoms with Crippen molar-refractivity contribution in [2.24, 2.45) is 29.4 Å². The van der Waals surface area contributed by atoms with Gasteiger partial charge in [0.05, 0.1) is 6.04 Å². The van der Waals surface area contributed by atoms with Gasteiger partial charge in [-0.3, -0.25) is 28.8 Å². The summed E-state index contributed by atoms with van der Waals surface area (Å²) >= 11 is 0. The Bertz CT molecular complexity index is 1770. The van der Waals surface area contributed by atoms with E-state index in [0.29, 0.717) is 25.7 Å². The number of amides is 6. The molecule has 0 spiro atoms. The lowest BCUT2D eigenvalue weighted by Crippen LogP contribution is -2.60. The number of nitrogens with zero attached hydrogens (tertiary/aromatic N) is 1. The first-order valence-electron chi connectivity index (χ1n) is 21.7. The van der Waals surface area contributed by atoms with Gasteiger partial charge >= 0.3 is 5.97 Å². The van der Waals surface area contributed by atoms with Gasteiger partial charge in [-0.05, 0) is 60.5 Å². The van der Waals surface area contributed by atoms with Crippen molar-refractivity contribution in [3.05, 3.63) is 71.8 Å². The molecule has 1 aliphatic heterocycles. The lowest BCUT2D eigenvalue weighted by Gasteiger charge is -2.32. The van der Waals surface area contributed by atoms with E-state index >= 15 is 0 Å². The summed E-state index contributed by atoms with van der Waals surface area (Å²) in [4.78, 5) is 96.9. The summed E-state index contributed by atoms with van der Waals surface area (Å²) in [6.45, 7) is 15.0. The topological polar surface area (TPSA) is 229 Å². The van der Waals surface area contributed by atoms with E-state index in [4.69, 9.17) is 5.73 Å². The molecule has 336 valence electrons. The molecule has 0 aliphatic carbocycles. The van der Waals surface area contributed by atoms with Gasteiger partial charge in [0.15, 0.2) is 0 Å². The largest absolute Gasteiger partial charge is 0.480 e. The van der Waals surface area contributed by atoms with Crippen LogP contribution in [-0.4, -0.2) is 100 Å². The number of carbonyl (C=O) groups is 7. The highest BCUT2D eigenvalue weighted by Gasteiger charge is 2.40. The molecular formula is C46H69N7O8. The number of nitrogens with one attached hydrogen (secondary N) is 5. The summed E-state index contributed by atoms with van der Waals surface area (Å²) in [5.41, 5.74) is 7.63. The third-order valence-electron chi connectivity index (χ3n) is 11.1. The van der Waals surface area contributed by atoms with E-state index < -0.39 is 83.7 Å². The fourth-order valence-corrected chi connectivity index (χ4v) is 7.46. The number of hydrogen-bond acceptors (Lipinski definition) is 8. The molecule has 1 saturated heterocycles. The molecule has 1 heterocycles. The zero-order valence-electron chi connectivity index (χ0n) is 37.1. The predicted molar refractivity (Wildman–Crippen MR) is 233 cm³/mol. The van der Waals surface area contributed by atoms with Crippen molar-refractivity contribution in [3.63, 3.8) is 0 Å². The van der Waals surface area contributed by atoms with Gasteiger partial charge in [0.2, 0.25) is 35.4 Å². The number of aliphatic carboxylic acids is 1. The Hall–Kier alpha value is -5.31. The molecule has 0 saturated carbocycles. The zero-order valence-corrected chi connectivity index (χ0v) is 37.1. The Morgan fingerprint density at radius 3 is 1.67 bits per heavy atom. The molecule has 0 aromatic heterocycles. The van der Waals surface area contributed by atoms with Gasteiger partial charge in [-0.25, -0.2) is 4.79 Å². The van der Waals surface area contributed by atoms with Gasteiger partial charge in [0.1, 0.15) is 36.3 Å². The predicted octanol–water partition coefficient (Wildman–Crippen LogP) is 3.09. The summed E-state index contributed by atoms with van der Waals surface area (Å²) in [6.07, 6.45) is 2.13. The van der Waals surface area contributed by atoms with Gasteiger partial charge in [0.25, 0.3) is 0 Å². The van der Waals surface area contributed by atoms with Crippen molar-refractivity contribution < 1.29 is 38.7 Å². The molecule has 2 aromatic carbocycles. The Balaban J connectivity index is 1.86. The molecule has 1 fully saturated rings. The zero-order chi connectivity index (χ0) is 45.4. The monoisotopic (exact) mass is 848 g/mol. The summed E-state index contributed by atoms with van der Waals surface area (Å²) in [6, 6.07) is 10.9. The second kappa shape index (κ2) is 24.2. The van der Waals surface area contributed by atoms with Crippen LogP contribution in [0.15, 0.2) is 60.7 Å². The summed E-state index contributed by atoms with van der Waals surface area (Å²) < 4.78 is 0. The van der Waals surface area contributed by atoms with Crippen LogP contribution in [0.1, 0.15) is 98.6 Å². The van der Waals surface area contributed by atoms with Gasteiger partial charge in [-0.15, -0.1) is 0 Å². The molecule has 1 aliphatic rings. The van der Waals surface area contributed by atoms with Crippen molar-refractivity contribution >= 4 is 41.4 Å². The average molecular weight is 848 g/mol. The highest BCUT2D eigenvalue weighted by molar-refractivity contribution is 5.97. The van der Waals surface area contributed by atoms with Crippen LogP contribution < -0.4 is 32.3 Å². The van der Waals surface area contributed by atoms with Gasteiger partial charge in [0, 0.05) is 19.4 Å². The van der Waals surface area contributed by atoms with Crippen LogP contribution in [0.5, 0.6) is 0 Å². The number of carboxylic acid groups (broad SMARTS) is 1. The average Bonchev–Trinajstić information content (AvgIpc) is 3.71. The van der Waals surface area contributed by atoms with Crippen molar-refractivity contribution in [2.45, 2.75) is 143 Å². The van der Waals surface area contributed by atoms with Gasteiger partial charge in [-0.2, -0.15) is 0 Å². The lowest BCUT2D eigenvalue weighted by molar-refractivity contribution is -0.144. The Morgan fingerprint density at radius 1 is 0.656 bits per heavy atom. The Kier molecular flexibility index (Phi) is 19.9. The molecule has 0 bridgehead atoms. The maximum atomic E-state index is 14.5. The molecule has 8 N–H and O–H groups in total. The first-order chi connectivity index (χ1) is 28.8. The van der Waals surface area contributed by atoms with Crippen LogP contribution in [-0.2, 0) is 46.4 Å². The van der Waals surface area contributed by atoms with Crippen molar-refractivity contribution in [2.75, 3.05) is 6.54 Å². The normalized spacial score (nSPS) is 17.4. The van der Waals surface area contributed by atoms with E-state index in [9.17, 15) is 38.7 Å². The van der Waals surface area contributed by atoms with E-state index in [-0.39, 0.29) is 49.5 Å². The molecule has 0 radical (unpaired) electrons. The number of rotatable bonds is 23. The van der Waals surface area contributed by atoms with Crippen molar-refractivity contribution in [3.8, 4) is 0 Å². The number of nitrogens with two attached hydrogens (primary N) is 1. The Labute approximate surface area is 361 Å². The molecule has 15 heteroatoms. The molecule has 2 aromatic rings. The number of carboxylic acids is 1. The van der Waals surface area contributed by atoms with Crippen molar-refractivity contribution in [1.29, 1.82) is 0 Å². The fraction of sp³-hybridized carbons (Fsp3) is 0.587. The highest BCUT2D eigenvalue weighted by Crippen LogP contribution is 2.21. The van der Waals surface area contributed by atoms with Crippen LogP contribution in [0.25, 0.3) is 0 Å². The summed E-state index contributed by atoms with van der Waals surface area (Å²) in [7, 11) is 0. The number of carbonyl (C=O) groups excluding carboxylic acids is 6. The van der Waals surface area contributed by atoms with Crippen LogP contribution >= 0.6 is 0 Å². The fourth-order valence-electron chi connectivity index (χ4n) is 7.46. The standard InChI is InChI=1S/C46H69N7O8/c1-9-30(8)39(46(60)61)52-42(56)35(25-31-17-12-10-13-18-31)48-41(55)34(24-28(4)5)49-43(57)37-21-16-22-53(37)45(59)36(26-32-19-14-11-15-20-32)50-44(58)38(29(6)7)51-40(54)33(47)23-27(2)3/h10-15,17-20,27-30,33-39H,9,16,21-26,47H2,1-8H3,(H,48,55)(H,49,57)(H,50,58)(H,51,54)(H,52,56)(H,60,61)/t30-,33-,34-,35-,36-,37-,38-,39-/m0/s1. The maximum Gasteiger partial charge on any atom is 0.326 e. The minimum Gasteiger partial charge on any atom is -0.480 e. The van der Waals surface area contributed by atoms with Gasteiger partial charge < -0.3 is 42.3 Å². The van der Waals surface area contributed by atoms with Crippen LogP contribution in [0.4, 0.5) is 0 Å². The van der Waals surface area contributed by atoms with E-state index in [0.717, 1.165) is 11.1 Å². The lowest BCUT2D eigenvalue weighted by atomic mass is 9.97. The Morgan fingerprint density at radius 2 is 1.16 bits per heavy atom. The van der Waals surface area contributed by atoms with Crippen LogP contribution in [0.3, 0.4) is 0 Å². The third kappa shape index (κ3) is 15.6. The minimum atomic E-state index is -1.19. The molecule has 0 unspecified atom stereocenters. The highest BCUT2D eigenvalue weighted by atomic mass is 16.4.